The SMILES string of the molecule is O=C1C(Br)=C(c2ccc(O)cc2F)C2CCCC12. The fourth-order valence-corrected chi connectivity index (χ4v) is 3.92. The minimum Gasteiger partial charge on any atom is -0.508 e. The van der Waals surface area contributed by atoms with Crippen molar-refractivity contribution in [1.82, 2.24) is 0 Å². The van der Waals surface area contributed by atoms with E-state index in [1.807, 2.05) is 0 Å². The zero-order valence-corrected chi connectivity index (χ0v) is 11.2. The van der Waals surface area contributed by atoms with Crippen molar-refractivity contribution in [2.45, 2.75) is 19.3 Å². The van der Waals surface area contributed by atoms with Gasteiger partial charge in [-0.15, -0.1) is 0 Å². The molecule has 2 atom stereocenters. The molecule has 18 heavy (non-hydrogen) atoms. The van der Waals surface area contributed by atoms with E-state index in [0.717, 1.165) is 30.9 Å². The van der Waals surface area contributed by atoms with Gasteiger partial charge in [-0.05, 0) is 52.4 Å². The van der Waals surface area contributed by atoms with E-state index in [4.69, 9.17) is 0 Å². The largest absolute Gasteiger partial charge is 0.508 e. The third-order valence-electron chi connectivity index (χ3n) is 3.92. The molecule has 1 N–H and O–H groups in total. The topological polar surface area (TPSA) is 37.3 Å². The first-order chi connectivity index (χ1) is 8.59. The molecule has 1 aromatic carbocycles. The number of benzene rings is 1. The maximum Gasteiger partial charge on any atom is 0.173 e. The average Bonchev–Trinajstić information content (AvgIpc) is 2.87. The molecule has 4 heteroatoms. The maximum atomic E-state index is 13.9. The van der Waals surface area contributed by atoms with Crippen molar-refractivity contribution in [2.24, 2.45) is 11.8 Å². The highest BCUT2D eigenvalue weighted by molar-refractivity contribution is 9.12. The average molecular weight is 311 g/mol. The summed E-state index contributed by atoms with van der Waals surface area (Å²) in [6, 6.07) is 4.10. The molecule has 94 valence electrons. The van der Waals surface area contributed by atoms with Gasteiger partial charge >= 0.3 is 0 Å². The van der Waals surface area contributed by atoms with Crippen molar-refractivity contribution < 1.29 is 14.3 Å². The van der Waals surface area contributed by atoms with Crippen LogP contribution in [0.5, 0.6) is 5.75 Å². The summed E-state index contributed by atoms with van der Waals surface area (Å²) in [4.78, 5) is 12.1. The van der Waals surface area contributed by atoms with Gasteiger partial charge in [0.05, 0.1) is 4.48 Å². The molecule has 0 amide bonds. The Hall–Kier alpha value is -1.16. The minimum atomic E-state index is -0.470. The van der Waals surface area contributed by atoms with Crippen LogP contribution in [0.3, 0.4) is 0 Å². The highest BCUT2D eigenvalue weighted by atomic mass is 79.9. The van der Waals surface area contributed by atoms with Gasteiger partial charge in [-0.1, -0.05) is 6.42 Å². The smallest absolute Gasteiger partial charge is 0.173 e. The van der Waals surface area contributed by atoms with Gasteiger partial charge in [0.15, 0.2) is 5.78 Å². The summed E-state index contributed by atoms with van der Waals surface area (Å²) < 4.78 is 14.4. The summed E-state index contributed by atoms with van der Waals surface area (Å²) >= 11 is 3.32. The number of halogens is 2. The van der Waals surface area contributed by atoms with Crippen LogP contribution < -0.4 is 0 Å². The molecule has 1 saturated carbocycles. The molecule has 0 aliphatic heterocycles. The Balaban J connectivity index is 2.13. The fraction of sp³-hybridized carbons (Fsp3) is 0.357. The van der Waals surface area contributed by atoms with Crippen LogP contribution in [0.1, 0.15) is 24.8 Å². The molecule has 1 aromatic rings. The molecular formula is C14H12BrFO2. The molecular weight excluding hydrogens is 299 g/mol. The van der Waals surface area contributed by atoms with Gasteiger partial charge in [-0.25, -0.2) is 4.39 Å². The van der Waals surface area contributed by atoms with Crippen LogP contribution in [-0.2, 0) is 4.79 Å². The molecule has 0 bridgehead atoms. The van der Waals surface area contributed by atoms with Gasteiger partial charge in [0, 0.05) is 17.5 Å². The number of phenols is 1. The van der Waals surface area contributed by atoms with Crippen LogP contribution in [0.25, 0.3) is 5.57 Å². The van der Waals surface area contributed by atoms with E-state index < -0.39 is 5.82 Å². The van der Waals surface area contributed by atoms with E-state index in [9.17, 15) is 14.3 Å². The minimum absolute atomic E-state index is 0.0163. The summed E-state index contributed by atoms with van der Waals surface area (Å²) in [5.41, 5.74) is 1.21. The predicted octanol–water partition coefficient (Wildman–Crippen LogP) is 3.64. The molecule has 2 aliphatic carbocycles. The number of ketones is 1. The van der Waals surface area contributed by atoms with Gasteiger partial charge in [0.2, 0.25) is 0 Å². The predicted molar refractivity (Wildman–Crippen MR) is 69.7 cm³/mol. The zero-order chi connectivity index (χ0) is 12.9. The Kier molecular flexibility index (Phi) is 2.77. The van der Waals surface area contributed by atoms with Crippen molar-refractivity contribution in [2.75, 3.05) is 0 Å². The van der Waals surface area contributed by atoms with Gasteiger partial charge in [0.25, 0.3) is 0 Å². The summed E-state index contributed by atoms with van der Waals surface area (Å²) in [7, 11) is 0. The Bertz CT molecular complexity index is 565. The number of Topliss-reactive ketones (excluding diaryl/α,β-unsaturated/α-hetero) is 1. The van der Waals surface area contributed by atoms with E-state index in [0.29, 0.717) is 10.0 Å². The second kappa shape index (κ2) is 4.19. The van der Waals surface area contributed by atoms with Crippen molar-refractivity contribution in [3.8, 4) is 5.75 Å². The molecule has 0 spiro atoms. The van der Waals surface area contributed by atoms with Crippen LogP contribution in [0.4, 0.5) is 4.39 Å². The lowest BCUT2D eigenvalue weighted by Gasteiger charge is -2.14. The standard InChI is InChI=1S/C14H12BrFO2/c15-13-12(8-2-1-3-9(8)14(13)18)10-5-4-7(17)6-11(10)16/h4-6,8-9,17H,1-3H2. The van der Waals surface area contributed by atoms with Crippen LogP contribution in [0.15, 0.2) is 22.7 Å². The van der Waals surface area contributed by atoms with E-state index in [-0.39, 0.29) is 23.4 Å². The Morgan fingerprint density at radius 2 is 2.00 bits per heavy atom. The van der Waals surface area contributed by atoms with Crippen LogP contribution in [0, 0.1) is 17.7 Å². The Morgan fingerprint density at radius 1 is 1.28 bits per heavy atom. The highest BCUT2D eigenvalue weighted by Crippen LogP contribution is 2.51. The molecule has 2 unspecified atom stereocenters. The lowest BCUT2D eigenvalue weighted by molar-refractivity contribution is -0.118. The number of phenolic OH excluding ortho intramolecular Hbond substituents is 1. The number of hydrogen-bond acceptors (Lipinski definition) is 2. The van der Waals surface area contributed by atoms with Gasteiger partial charge in [0.1, 0.15) is 11.6 Å². The van der Waals surface area contributed by atoms with E-state index in [1.165, 1.54) is 6.07 Å². The summed E-state index contributed by atoms with van der Waals surface area (Å²) in [6.45, 7) is 0. The lowest BCUT2D eigenvalue weighted by Crippen LogP contribution is -2.10. The van der Waals surface area contributed by atoms with Crippen molar-refractivity contribution in [3.63, 3.8) is 0 Å². The first kappa shape index (κ1) is 11.9. The van der Waals surface area contributed by atoms with E-state index in [1.54, 1.807) is 6.07 Å². The molecule has 3 rings (SSSR count). The van der Waals surface area contributed by atoms with Gasteiger partial charge in [-0.2, -0.15) is 0 Å². The van der Waals surface area contributed by atoms with Crippen molar-refractivity contribution in [1.29, 1.82) is 0 Å². The fourth-order valence-electron chi connectivity index (χ4n) is 3.12. The highest BCUT2D eigenvalue weighted by Gasteiger charge is 2.44. The second-order valence-corrected chi connectivity index (χ2v) is 5.69. The Labute approximate surface area is 113 Å². The normalized spacial score (nSPS) is 26.9. The molecule has 0 saturated heterocycles. The Morgan fingerprint density at radius 3 is 2.72 bits per heavy atom. The maximum absolute atomic E-state index is 13.9. The number of fused-ring (bicyclic) bond motifs is 1. The van der Waals surface area contributed by atoms with Crippen LogP contribution >= 0.6 is 15.9 Å². The zero-order valence-electron chi connectivity index (χ0n) is 9.62. The van der Waals surface area contributed by atoms with Crippen LogP contribution in [0.2, 0.25) is 0 Å². The van der Waals surface area contributed by atoms with Crippen LogP contribution in [-0.4, -0.2) is 10.9 Å². The number of aromatic hydroxyl groups is 1. The van der Waals surface area contributed by atoms with Crippen molar-refractivity contribution >= 4 is 27.3 Å². The lowest BCUT2D eigenvalue weighted by atomic mass is 9.90. The summed E-state index contributed by atoms with van der Waals surface area (Å²) in [5, 5.41) is 9.25. The number of rotatable bonds is 1. The molecule has 2 aliphatic rings. The molecule has 1 fully saturated rings. The molecule has 0 heterocycles. The van der Waals surface area contributed by atoms with E-state index >= 15 is 0 Å². The van der Waals surface area contributed by atoms with E-state index in [2.05, 4.69) is 15.9 Å². The number of carbonyl (C=O) groups excluding carboxylic acids is 1. The molecule has 0 radical (unpaired) electrons. The van der Waals surface area contributed by atoms with Crippen molar-refractivity contribution in [3.05, 3.63) is 34.1 Å². The first-order valence-corrected chi connectivity index (χ1v) is 6.81. The third-order valence-corrected chi connectivity index (χ3v) is 4.74. The quantitative estimate of drug-likeness (QED) is 0.860. The third kappa shape index (κ3) is 1.62. The summed E-state index contributed by atoms with van der Waals surface area (Å²) in [6.07, 6.45) is 2.84. The molecule has 2 nitrogen and oxygen atoms in total. The number of allylic oxidation sites excluding steroid dienone is 2. The summed E-state index contributed by atoms with van der Waals surface area (Å²) in [5.74, 6) is -0.323. The van der Waals surface area contributed by atoms with Gasteiger partial charge in [-0.3, -0.25) is 4.79 Å². The monoisotopic (exact) mass is 310 g/mol. The molecule has 0 aromatic heterocycles. The second-order valence-electron chi connectivity index (χ2n) is 4.90. The number of hydrogen-bond donors (Lipinski definition) is 1. The number of carbonyl (C=O) groups is 1. The van der Waals surface area contributed by atoms with Gasteiger partial charge < -0.3 is 5.11 Å². The first-order valence-electron chi connectivity index (χ1n) is 6.02.